The Bertz CT molecular complexity index is 896. The van der Waals surface area contributed by atoms with Crippen molar-refractivity contribution >= 4 is 41.7 Å². The third-order valence-corrected chi connectivity index (χ3v) is 5.28. The predicted molar refractivity (Wildman–Crippen MR) is 138 cm³/mol. The van der Waals surface area contributed by atoms with Crippen LogP contribution < -0.4 is 16.0 Å². The fraction of sp³-hybridized carbons (Fsp3) is 0.520. The van der Waals surface area contributed by atoms with Gasteiger partial charge in [-0.05, 0) is 56.8 Å². The Labute approximate surface area is 211 Å². The molecule has 0 aromatic heterocycles. The maximum Gasteiger partial charge on any atom is 0.408 e. The maximum absolute atomic E-state index is 13.2. The monoisotopic (exact) mass is 507 g/mol. The Morgan fingerprint density at radius 2 is 1.69 bits per heavy atom. The summed E-state index contributed by atoms with van der Waals surface area (Å²) in [5, 5.41) is 7.83. The van der Waals surface area contributed by atoms with E-state index in [0.717, 1.165) is 0 Å². The minimum Gasteiger partial charge on any atom is -0.467 e. The van der Waals surface area contributed by atoms with Crippen molar-refractivity contribution in [2.45, 2.75) is 58.7 Å². The van der Waals surface area contributed by atoms with Gasteiger partial charge in [0.25, 0.3) is 5.91 Å². The molecule has 0 heterocycles. The number of esters is 1. The van der Waals surface area contributed by atoms with Gasteiger partial charge in [-0.2, -0.15) is 11.8 Å². The predicted octanol–water partition coefficient (Wildman–Crippen LogP) is 3.10. The molecular formula is C25H37N3O6S. The highest BCUT2D eigenvalue weighted by Crippen LogP contribution is 2.11. The second kappa shape index (κ2) is 14.4. The number of rotatable bonds is 11. The third-order valence-electron chi connectivity index (χ3n) is 4.64. The van der Waals surface area contributed by atoms with Crippen molar-refractivity contribution in [1.29, 1.82) is 0 Å². The molecule has 3 N–H and O–H groups in total. The summed E-state index contributed by atoms with van der Waals surface area (Å²) in [5.74, 6) is -1.50. The van der Waals surface area contributed by atoms with Crippen molar-refractivity contribution in [3.8, 4) is 0 Å². The molecule has 0 unspecified atom stereocenters. The van der Waals surface area contributed by atoms with Crippen LogP contribution in [-0.2, 0) is 23.9 Å². The van der Waals surface area contributed by atoms with Gasteiger partial charge in [-0.3, -0.25) is 9.59 Å². The first-order valence-electron chi connectivity index (χ1n) is 11.3. The fourth-order valence-corrected chi connectivity index (χ4v) is 3.39. The number of nitrogens with one attached hydrogen (secondary N) is 3. The van der Waals surface area contributed by atoms with Crippen LogP contribution in [0.5, 0.6) is 0 Å². The lowest BCUT2D eigenvalue weighted by atomic mass is 10.0. The van der Waals surface area contributed by atoms with Crippen molar-refractivity contribution in [3.63, 3.8) is 0 Å². The molecule has 10 heteroatoms. The molecule has 1 rings (SSSR count). The van der Waals surface area contributed by atoms with Gasteiger partial charge in [0.15, 0.2) is 0 Å². The molecule has 9 nitrogen and oxygen atoms in total. The quantitative estimate of drug-likeness (QED) is 0.311. The largest absolute Gasteiger partial charge is 0.467 e. The van der Waals surface area contributed by atoms with Crippen molar-refractivity contribution in [3.05, 3.63) is 41.6 Å². The average molecular weight is 508 g/mol. The first-order chi connectivity index (χ1) is 16.4. The van der Waals surface area contributed by atoms with Crippen LogP contribution in [0.1, 0.15) is 46.6 Å². The van der Waals surface area contributed by atoms with Gasteiger partial charge in [0.2, 0.25) is 5.91 Å². The number of hydrogen-bond acceptors (Lipinski definition) is 7. The van der Waals surface area contributed by atoms with E-state index in [2.05, 4.69) is 16.0 Å². The summed E-state index contributed by atoms with van der Waals surface area (Å²) in [6, 6.07) is 7.10. The lowest BCUT2D eigenvalue weighted by Crippen LogP contribution is -2.52. The molecule has 2 atom stereocenters. The standard InChI is InChI=1S/C25H37N3O6S/c1-16(2)20(28-24(32)34-25(3,4)5)22(30)27-19(15-17-11-9-8-10-12-17)21(29)26-18(13-14-35-7)23(31)33-6/h8-12,15-16,18,20H,13-14H2,1-7H3,(H,26,29)(H,27,30)(H,28,32)/b19-15-/t18-,20-/m0/s1. The fourth-order valence-electron chi connectivity index (χ4n) is 2.92. The highest BCUT2D eigenvalue weighted by Gasteiger charge is 2.29. The van der Waals surface area contributed by atoms with Crippen molar-refractivity contribution < 1.29 is 28.7 Å². The molecule has 0 saturated heterocycles. The molecular weight excluding hydrogens is 470 g/mol. The Morgan fingerprint density at radius 3 is 2.20 bits per heavy atom. The number of thioether (sulfide) groups is 1. The van der Waals surface area contributed by atoms with Gasteiger partial charge in [0.05, 0.1) is 7.11 Å². The van der Waals surface area contributed by atoms with E-state index in [1.54, 1.807) is 58.9 Å². The highest BCUT2D eigenvalue weighted by atomic mass is 32.2. The SMILES string of the molecule is COC(=O)[C@H](CCSC)NC(=O)/C(=C/c1ccccc1)NC(=O)[C@@H](NC(=O)OC(C)(C)C)C(C)C. The van der Waals surface area contributed by atoms with E-state index in [1.807, 2.05) is 12.3 Å². The van der Waals surface area contributed by atoms with Gasteiger partial charge >= 0.3 is 12.1 Å². The molecule has 1 aromatic rings. The van der Waals surface area contributed by atoms with Gasteiger partial charge in [0.1, 0.15) is 23.4 Å². The van der Waals surface area contributed by atoms with Crippen LogP contribution in [0.4, 0.5) is 4.79 Å². The molecule has 0 bridgehead atoms. The number of amides is 3. The lowest BCUT2D eigenvalue weighted by molar-refractivity contribution is -0.144. The number of carbonyl (C=O) groups is 4. The summed E-state index contributed by atoms with van der Waals surface area (Å²) in [6.07, 6.45) is 3.01. The molecule has 194 valence electrons. The van der Waals surface area contributed by atoms with Crippen LogP contribution in [-0.4, -0.2) is 60.7 Å². The molecule has 0 aliphatic heterocycles. The van der Waals surface area contributed by atoms with Gasteiger partial charge in [-0.1, -0.05) is 44.2 Å². The van der Waals surface area contributed by atoms with E-state index in [1.165, 1.54) is 24.9 Å². The van der Waals surface area contributed by atoms with Crippen LogP contribution in [0, 0.1) is 5.92 Å². The molecule has 0 aliphatic rings. The summed E-state index contributed by atoms with van der Waals surface area (Å²) in [7, 11) is 1.25. The second-order valence-electron chi connectivity index (χ2n) is 9.16. The summed E-state index contributed by atoms with van der Waals surface area (Å²) >= 11 is 1.53. The number of benzene rings is 1. The van der Waals surface area contributed by atoms with Crippen LogP contribution in [0.25, 0.3) is 6.08 Å². The summed E-state index contributed by atoms with van der Waals surface area (Å²) < 4.78 is 10.1. The number of ether oxygens (including phenoxy) is 2. The van der Waals surface area contributed by atoms with Crippen molar-refractivity contribution in [1.82, 2.24) is 16.0 Å². The first kappa shape index (κ1) is 30.0. The van der Waals surface area contributed by atoms with Gasteiger partial charge in [0, 0.05) is 0 Å². The molecule has 1 aromatic carbocycles. The van der Waals surface area contributed by atoms with E-state index in [9.17, 15) is 19.2 Å². The van der Waals surface area contributed by atoms with E-state index in [4.69, 9.17) is 9.47 Å². The maximum atomic E-state index is 13.2. The van der Waals surface area contributed by atoms with E-state index >= 15 is 0 Å². The smallest absolute Gasteiger partial charge is 0.408 e. The van der Waals surface area contributed by atoms with Crippen molar-refractivity contribution in [2.75, 3.05) is 19.1 Å². The van der Waals surface area contributed by atoms with Gasteiger partial charge < -0.3 is 25.4 Å². The number of methoxy groups -OCH3 is 1. The summed E-state index contributed by atoms with van der Waals surface area (Å²) in [6.45, 7) is 8.68. The zero-order valence-corrected chi connectivity index (χ0v) is 22.3. The minimum absolute atomic E-state index is 0.0732. The second-order valence-corrected chi connectivity index (χ2v) is 10.1. The van der Waals surface area contributed by atoms with Crippen LogP contribution in [0.15, 0.2) is 36.0 Å². The Morgan fingerprint density at radius 1 is 1.06 bits per heavy atom. The molecule has 0 aliphatic carbocycles. The molecule has 0 fully saturated rings. The first-order valence-corrected chi connectivity index (χ1v) is 12.7. The van der Waals surface area contributed by atoms with E-state index in [0.29, 0.717) is 17.7 Å². The Kier molecular flexibility index (Phi) is 12.4. The highest BCUT2D eigenvalue weighted by molar-refractivity contribution is 7.98. The van der Waals surface area contributed by atoms with Crippen LogP contribution >= 0.6 is 11.8 Å². The molecule has 35 heavy (non-hydrogen) atoms. The third kappa shape index (κ3) is 11.3. The summed E-state index contributed by atoms with van der Waals surface area (Å²) in [5.41, 5.74) is -0.145. The van der Waals surface area contributed by atoms with E-state index in [-0.39, 0.29) is 11.6 Å². The number of alkyl carbamates (subject to hydrolysis) is 1. The lowest BCUT2D eigenvalue weighted by Gasteiger charge is -2.25. The molecule has 3 amide bonds. The zero-order valence-electron chi connectivity index (χ0n) is 21.5. The van der Waals surface area contributed by atoms with Crippen LogP contribution in [0.2, 0.25) is 0 Å². The molecule has 0 spiro atoms. The Balaban J connectivity index is 3.18. The van der Waals surface area contributed by atoms with Crippen molar-refractivity contribution in [2.24, 2.45) is 5.92 Å². The van der Waals surface area contributed by atoms with E-state index < -0.39 is 41.6 Å². The molecule has 0 radical (unpaired) electrons. The van der Waals surface area contributed by atoms with Gasteiger partial charge in [-0.25, -0.2) is 9.59 Å². The normalized spacial score (nSPS) is 13.4. The number of hydrogen-bond donors (Lipinski definition) is 3. The topological polar surface area (TPSA) is 123 Å². The average Bonchev–Trinajstić information content (AvgIpc) is 2.78. The Hall–Kier alpha value is -3.01. The summed E-state index contributed by atoms with van der Waals surface area (Å²) in [4.78, 5) is 50.8. The number of carbonyl (C=O) groups excluding carboxylic acids is 4. The zero-order chi connectivity index (χ0) is 26.6. The van der Waals surface area contributed by atoms with Crippen LogP contribution in [0.3, 0.4) is 0 Å². The minimum atomic E-state index is -0.968. The molecule has 0 saturated carbocycles. The van der Waals surface area contributed by atoms with Gasteiger partial charge in [-0.15, -0.1) is 0 Å².